The molecule has 12 heavy (non-hydrogen) atoms. The van der Waals surface area contributed by atoms with E-state index >= 15 is 0 Å². The van der Waals surface area contributed by atoms with Crippen LogP contribution in [0.3, 0.4) is 0 Å². The van der Waals surface area contributed by atoms with Gasteiger partial charge in [0.1, 0.15) is 5.75 Å². The van der Waals surface area contributed by atoms with Crippen LogP contribution in [0.25, 0.3) is 5.57 Å². The van der Waals surface area contributed by atoms with E-state index in [1.165, 1.54) is 5.57 Å². The lowest BCUT2D eigenvalue weighted by Gasteiger charge is -2.19. The van der Waals surface area contributed by atoms with Crippen LogP contribution in [0.15, 0.2) is 24.8 Å². The van der Waals surface area contributed by atoms with Crippen molar-refractivity contribution in [2.45, 2.75) is 6.42 Å². The number of hydrogen-bond acceptors (Lipinski definition) is 1. The van der Waals surface area contributed by atoms with E-state index in [2.05, 4.69) is 28.0 Å². The molecule has 0 N–H and O–H groups in total. The molecule has 1 aliphatic rings. The summed E-state index contributed by atoms with van der Waals surface area (Å²) in [6.45, 7) is 4.76. The standard InChI is InChI=1S/C10H11OP/c1-7-4-5-11-10-6-8(12)2-3-9(7)10/h2-3,6H,1,4-5,12H2. The number of hydrogen-bond donors (Lipinski definition) is 0. The zero-order valence-corrected chi connectivity index (χ0v) is 7.99. The Morgan fingerprint density at radius 1 is 1.42 bits per heavy atom. The van der Waals surface area contributed by atoms with E-state index in [-0.39, 0.29) is 0 Å². The van der Waals surface area contributed by atoms with Gasteiger partial charge in [0.05, 0.1) is 6.61 Å². The van der Waals surface area contributed by atoms with Crippen molar-refractivity contribution in [3.05, 3.63) is 30.3 Å². The van der Waals surface area contributed by atoms with Gasteiger partial charge >= 0.3 is 0 Å². The maximum Gasteiger partial charge on any atom is 0.127 e. The molecule has 0 amide bonds. The molecule has 1 heterocycles. The van der Waals surface area contributed by atoms with Crippen LogP contribution in [0.2, 0.25) is 0 Å². The second-order valence-electron chi connectivity index (χ2n) is 2.96. The van der Waals surface area contributed by atoms with Crippen LogP contribution >= 0.6 is 9.24 Å². The summed E-state index contributed by atoms with van der Waals surface area (Å²) in [4.78, 5) is 0. The third-order valence-corrected chi connectivity index (χ3v) is 2.41. The molecule has 0 aromatic heterocycles. The number of rotatable bonds is 0. The van der Waals surface area contributed by atoms with E-state index in [1.807, 2.05) is 6.07 Å². The maximum absolute atomic E-state index is 5.50. The van der Waals surface area contributed by atoms with Crippen LogP contribution in [-0.4, -0.2) is 6.61 Å². The Labute approximate surface area is 74.6 Å². The monoisotopic (exact) mass is 178 g/mol. The molecule has 1 aliphatic heterocycles. The van der Waals surface area contributed by atoms with Crippen molar-refractivity contribution < 1.29 is 4.74 Å². The largest absolute Gasteiger partial charge is 0.493 e. The molecule has 0 saturated carbocycles. The Bertz CT molecular complexity index is 331. The number of fused-ring (bicyclic) bond motifs is 1. The smallest absolute Gasteiger partial charge is 0.127 e. The predicted molar refractivity (Wildman–Crippen MR) is 54.9 cm³/mol. The van der Waals surface area contributed by atoms with Gasteiger partial charge in [-0.3, -0.25) is 0 Å². The molecule has 1 aromatic rings. The molecule has 0 spiro atoms. The fraction of sp³-hybridized carbons (Fsp3) is 0.200. The van der Waals surface area contributed by atoms with Gasteiger partial charge in [-0.05, 0) is 16.9 Å². The average molecular weight is 178 g/mol. The Balaban J connectivity index is 2.53. The predicted octanol–water partition coefficient (Wildman–Crippen LogP) is 1.98. The molecule has 1 unspecified atom stereocenters. The minimum atomic E-state index is 0.764. The molecule has 1 nitrogen and oxygen atoms in total. The van der Waals surface area contributed by atoms with Crippen molar-refractivity contribution in [2.75, 3.05) is 6.61 Å². The molecule has 0 bridgehead atoms. The molecule has 2 heteroatoms. The highest BCUT2D eigenvalue weighted by molar-refractivity contribution is 7.27. The topological polar surface area (TPSA) is 9.23 Å². The lowest BCUT2D eigenvalue weighted by molar-refractivity contribution is 0.317. The van der Waals surface area contributed by atoms with Crippen LogP contribution in [-0.2, 0) is 0 Å². The molecular weight excluding hydrogens is 167 g/mol. The Morgan fingerprint density at radius 2 is 2.25 bits per heavy atom. The lowest BCUT2D eigenvalue weighted by atomic mass is 10.0. The van der Waals surface area contributed by atoms with Gasteiger partial charge in [-0.1, -0.05) is 18.7 Å². The highest BCUT2D eigenvalue weighted by atomic mass is 31.0. The first-order chi connectivity index (χ1) is 5.77. The van der Waals surface area contributed by atoms with Gasteiger partial charge in [0, 0.05) is 12.0 Å². The summed E-state index contributed by atoms with van der Waals surface area (Å²) in [5, 5.41) is 1.16. The zero-order valence-electron chi connectivity index (χ0n) is 6.84. The van der Waals surface area contributed by atoms with E-state index in [9.17, 15) is 0 Å². The van der Waals surface area contributed by atoms with Crippen LogP contribution in [0, 0.1) is 0 Å². The molecule has 0 fully saturated rings. The molecule has 0 saturated heterocycles. The van der Waals surface area contributed by atoms with Crippen LogP contribution in [0.5, 0.6) is 5.75 Å². The molecule has 1 aromatic carbocycles. The van der Waals surface area contributed by atoms with Crippen molar-refractivity contribution in [3.8, 4) is 5.75 Å². The molecular formula is C10H11OP. The first-order valence-electron chi connectivity index (χ1n) is 3.98. The summed E-state index contributed by atoms with van der Waals surface area (Å²) in [5.74, 6) is 0.971. The molecule has 2 rings (SSSR count). The third kappa shape index (κ3) is 1.25. The first kappa shape index (κ1) is 7.82. The summed E-state index contributed by atoms with van der Waals surface area (Å²) < 4.78 is 5.50. The Kier molecular flexibility index (Phi) is 1.90. The molecule has 0 radical (unpaired) electrons. The quantitative estimate of drug-likeness (QED) is 0.552. The van der Waals surface area contributed by atoms with E-state index in [1.54, 1.807) is 0 Å². The van der Waals surface area contributed by atoms with Crippen molar-refractivity contribution in [1.82, 2.24) is 0 Å². The third-order valence-electron chi connectivity index (χ3n) is 2.05. The average Bonchev–Trinajstić information content (AvgIpc) is 2.04. The first-order valence-corrected chi connectivity index (χ1v) is 4.55. The second-order valence-corrected chi connectivity index (χ2v) is 3.62. The van der Waals surface area contributed by atoms with E-state index in [0.717, 1.165) is 29.6 Å². The maximum atomic E-state index is 5.50. The Hall–Kier alpha value is -0.810. The van der Waals surface area contributed by atoms with Gasteiger partial charge in [-0.15, -0.1) is 9.24 Å². The number of benzene rings is 1. The summed E-state index contributed by atoms with van der Waals surface area (Å²) in [6.07, 6.45) is 0.948. The van der Waals surface area contributed by atoms with Crippen molar-refractivity contribution in [2.24, 2.45) is 0 Å². The van der Waals surface area contributed by atoms with Gasteiger partial charge < -0.3 is 4.74 Å². The minimum Gasteiger partial charge on any atom is -0.493 e. The van der Waals surface area contributed by atoms with Crippen LogP contribution in [0.4, 0.5) is 0 Å². The minimum absolute atomic E-state index is 0.764. The fourth-order valence-electron chi connectivity index (χ4n) is 1.37. The van der Waals surface area contributed by atoms with Crippen molar-refractivity contribution in [1.29, 1.82) is 0 Å². The summed E-state index contributed by atoms with van der Waals surface area (Å²) in [7, 11) is 2.66. The van der Waals surface area contributed by atoms with Gasteiger partial charge in [0.2, 0.25) is 0 Å². The van der Waals surface area contributed by atoms with Crippen LogP contribution in [0.1, 0.15) is 12.0 Å². The molecule has 0 aliphatic carbocycles. The lowest BCUT2D eigenvalue weighted by Crippen LogP contribution is -2.08. The van der Waals surface area contributed by atoms with Gasteiger partial charge in [-0.2, -0.15) is 0 Å². The SMILES string of the molecule is C=C1CCOc2cc(P)ccc21. The van der Waals surface area contributed by atoms with Crippen molar-refractivity contribution in [3.63, 3.8) is 0 Å². The fourth-order valence-corrected chi connectivity index (χ4v) is 1.62. The summed E-state index contributed by atoms with van der Waals surface area (Å²) >= 11 is 0. The highest BCUT2D eigenvalue weighted by Crippen LogP contribution is 2.30. The zero-order chi connectivity index (χ0) is 8.55. The molecule has 62 valence electrons. The van der Waals surface area contributed by atoms with Crippen molar-refractivity contribution >= 4 is 20.1 Å². The number of ether oxygens (including phenoxy) is 1. The van der Waals surface area contributed by atoms with E-state index in [4.69, 9.17) is 4.74 Å². The summed E-state index contributed by atoms with van der Waals surface area (Å²) in [5.41, 5.74) is 2.34. The van der Waals surface area contributed by atoms with Gasteiger partial charge in [-0.25, -0.2) is 0 Å². The normalized spacial score (nSPS) is 15.2. The van der Waals surface area contributed by atoms with Gasteiger partial charge in [0.25, 0.3) is 0 Å². The highest BCUT2D eigenvalue weighted by Gasteiger charge is 2.12. The van der Waals surface area contributed by atoms with E-state index in [0.29, 0.717) is 0 Å². The second kappa shape index (κ2) is 2.91. The summed E-state index contributed by atoms with van der Waals surface area (Å²) in [6, 6.07) is 6.16. The van der Waals surface area contributed by atoms with Gasteiger partial charge in [0.15, 0.2) is 0 Å². The Morgan fingerprint density at radius 3 is 3.08 bits per heavy atom. The molecule has 1 atom stereocenters. The van der Waals surface area contributed by atoms with Crippen LogP contribution < -0.4 is 10.0 Å². The van der Waals surface area contributed by atoms with E-state index < -0.39 is 0 Å².